The maximum atomic E-state index is 6.12. The Hall–Kier alpha value is -1.43. The Kier molecular flexibility index (Phi) is 7.21. The molecule has 0 spiro atoms. The Balaban J connectivity index is 2.08. The molecule has 0 aliphatic rings. The molecule has 2 rings (SSSR count). The summed E-state index contributed by atoms with van der Waals surface area (Å²) in [4.78, 5) is 0. The first-order valence-electron chi connectivity index (χ1n) is 7.26. The standard InChI is InChI=1S/C17H17BrCl2N2O2/c1-3-24-17-13(18)7-11(8-16(17)23-2)9-21-22-10-12-14(19)5-4-6-15(12)20/h4-9,22H,3,10H2,1-2H3/b21-9-. The van der Waals surface area contributed by atoms with Gasteiger partial charge >= 0.3 is 0 Å². The van der Waals surface area contributed by atoms with Crippen LogP contribution in [0, 0.1) is 0 Å². The quantitative estimate of drug-likeness (QED) is 0.478. The van der Waals surface area contributed by atoms with Crippen LogP contribution in [-0.4, -0.2) is 19.9 Å². The van der Waals surface area contributed by atoms with Gasteiger partial charge in [-0.25, -0.2) is 0 Å². The van der Waals surface area contributed by atoms with Gasteiger partial charge in [-0.2, -0.15) is 5.10 Å². The second kappa shape index (κ2) is 9.16. The lowest BCUT2D eigenvalue weighted by Gasteiger charge is -2.12. The molecule has 1 N–H and O–H groups in total. The Labute approximate surface area is 159 Å². The minimum Gasteiger partial charge on any atom is -0.493 e. The number of nitrogens with one attached hydrogen (secondary N) is 1. The molecular formula is C17H17BrCl2N2O2. The van der Waals surface area contributed by atoms with E-state index in [1.165, 1.54) is 0 Å². The molecule has 24 heavy (non-hydrogen) atoms. The highest BCUT2D eigenvalue weighted by Crippen LogP contribution is 2.36. The minimum absolute atomic E-state index is 0.435. The number of hydrogen-bond donors (Lipinski definition) is 1. The molecule has 0 aromatic heterocycles. The van der Waals surface area contributed by atoms with Gasteiger partial charge in [0.15, 0.2) is 11.5 Å². The summed E-state index contributed by atoms with van der Waals surface area (Å²) in [6, 6.07) is 9.15. The van der Waals surface area contributed by atoms with Crippen molar-refractivity contribution in [2.24, 2.45) is 5.10 Å². The normalized spacial score (nSPS) is 10.9. The van der Waals surface area contributed by atoms with Crippen molar-refractivity contribution in [3.8, 4) is 11.5 Å². The van der Waals surface area contributed by atoms with Crippen LogP contribution >= 0.6 is 39.1 Å². The van der Waals surface area contributed by atoms with E-state index in [0.717, 1.165) is 15.6 Å². The van der Waals surface area contributed by atoms with Crippen molar-refractivity contribution in [3.05, 3.63) is 56.0 Å². The van der Waals surface area contributed by atoms with Crippen molar-refractivity contribution in [2.45, 2.75) is 13.5 Å². The molecule has 128 valence electrons. The molecular weight excluding hydrogens is 415 g/mol. The second-order valence-corrected chi connectivity index (χ2v) is 6.43. The number of hydrazone groups is 1. The van der Waals surface area contributed by atoms with Crippen molar-refractivity contribution >= 4 is 45.3 Å². The van der Waals surface area contributed by atoms with Crippen LogP contribution in [0.25, 0.3) is 0 Å². The fourth-order valence-corrected chi connectivity index (χ4v) is 3.15. The zero-order chi connectivity index (χ0) is 17.5. The van der Waals surface area contributed by atoms with Crippen LogP contribution in [-0.2, 0) is 6.54 Å². The maximum Gasteiger partial charge on any atom is 0.175 e. The molecule has 0 bridgehead atoms. The Bertz CT molecular complexity index is 719. The van der Waals surface area contributed by atoms with Gasteiger partial charge in [0.2, 0.25) is 0 Å². The molecule has 0 saturated carbocycles. The van der Waals surface area contributed by atoms with E-state index in [1.54, 1.807) is 31.5 Å². The summed E-state index contributed by atoms with van der Waals surface area (Å²) in [5, 5.41) is 5.42. The first-order chi connectivity index (χ1) is 11.6. The van der Waals surface area contributed by atoms with Crippen LogP contribution in [0.2, 0.25) is 10.0 Å². The van der Waals surface area contributed by atoms with Gasteiger partial charge in [-0.05, 0) is 52.7 Å². The third-order valence-electron chi connectivity index (χ3n) is 3.16. The van der Waals surface area contributed by atoms with E-state index in [1.807, 2.05) is 19.1 Å². The predicted octanol–water partition coefficient (Wildman–Crippen LogP) is 5.29. The van der Waals surface area contributed by atoms with Crippen LogP contribution in [0.4, 0.5) is 0 Å². The molecule has 2 aromatic carbocycles. The summed E-state index contributed by atoms with van der Waals surface area (Å²) >= 11 is 15.7. The van der Waals surface area contributed by atoms with E-state index in [4.69, 9.17) is 32.7 Å². The molecule has 0 saturated heterocycles. The lowest BCUT2D eigenvalue weighted by molar-refractivity contribution is 0.309. The third-order valence-corrected chi connectivity index (χ3v) is 4.46. The molecule has 0 aliphatic heterocycles. The summed E-state index contributed by atoms with van der Waals surface area (Å²) in [6.45, 7) is 2.91. The topological polar surface area (TPSA) is 42.8 Å². The van der Waals surface area contributed by atoms with E-state index >= 15 is 0 Å². The van der Waals surface area contributed by atoms with Crippen LogP contribution in [0.5, 0.6) is 11.5 Å². The molecule has 0 radical (unpaired) electrons. The number of halogens is 3. The summed E-state index contributed by atoms with van der Waals surface area (Å²) in [7, 11) is 1.60. The van der Waals surface area contributed by atoms with Gasteiger partial charge in [0, 0.05) is 15.6 Å². The highest BCUT2D eigenvalue weighted by molar-refractivity contribution is 9.10. The predicted molar refractivity (Wildman–Crippen MR) is 103 cm³/mol. The minimum atomic E-state index is 0.435. The van der Waals surface area contributed by atoms with Gasteiger partial charge in [0.05, 0.1) is 30.9 Å². The lowest BCUT2D eigenvalue weighted by Crippen LogP contribution is -2.07. The summed E-state index contributed by atoms with van der Waals surface area (Å²) in [6.07, 6.45) is 1.69. The van der Waals surface area contributed by atoms with Gasteiger partial charge in [-0.1, -0.05) is 29.3 Å². The molecule has 0 heterocycles. The number of methoxy groups -OCH3 is 1. The smallest absolute Gasteiger partial charge is 0.175 e. The number of ether oxygens (including phenoxy) is 2. The lowest BCUT2D eigenvalue weighted by atomic mass is 10.2. The van der Waals surface area contributed by atoms with Gasteiger partial charge in [-0.3, -0.25) is 0 Å². The first kappa shape index (κ1) is 18.9. The Morgan fingerprint density at radius 3 is 2.58 bits per heavy atom. The molecule has 7 heteroatoms. The average molecular weight is 432 g/mol. The van der Waals surface area contributed by atoms with E-state index in [9.17, 15) is 0 Å². The largest absolute Gasteiger partial charge is 0.493 e. The fourth-order valence-electron chi connectivity index (χ4n) is 2.04. The average Bonchev–Trinajstić information content (AvgIpc) is 2.56. The van der Waals surface area contributed by atoms with Crippen molar-refractivity contribution in [1.29, 1.82) is 0 Å². The number of nitrogens with zero attached hydrogens (tertiary/aromatic N) is 1. The number of rotatable bonds is 7. The molecule has 0 aliphatic carbocycles. The van der Waals surface area contributed by atoms with Crippen LogP contribution in [0.15, 0.2) is 39.9 Å². The molecule has 2 aromatic rings. The van der Waals surface area contributed by atoms with Gasteiger partial charge < -0.3 is 14.9 Å². The van der Waals surface area contributed by atoms with E-state index in [0.29, 0.717) is 34.7 Å². The zero-order valence-electron chi connectivity index (χ0n) is 13.3. The number of benzene rings is 2. The monoisotopic (exact) mass is 430 g/mol. The van der Waals surface area contributed by atoms with E-state index < -0.39 is 0 Å². The number of hydrogen-bond acceptors (Lipinski definition) is 4. The van der Waals surface area contributed by atoms with Gasteiger partial charge in [-0.15, -0.1) is 0 Å². The first-order valence-corrected chi connectivity index (χ1v) is 8.80. The van der Waals surface area contributed by atoms with E-state index in [2.05, 4.69) is 26.5 Å². The molecule has 4 nitrogen and oxygen atoms in total. The third kappa shape index (κ3) is 4.79. The second-order valence-electron chi connectivity index (χ2n) is 4.76. The van der Waals surface area contributed by atoms with Crippen molar-refractivity contribution < 1.29 is 9.47 Å². The van der Waals surface area contributed by atoms with Gasteiger partial charge in [0.25, 0.3) is 0 Å². The fraction of sp³-hybridized carbons (Fsp3) is 0.235. The van der Waals surface area contributed by atoms with Gasteiger partial charge in [0.1, 0.15) is 0 Å². The van der Waals surface area contributed by atoms with Crippen LogP contribution < -0.4 is 14.9 Å². The summed E-state index contributed by atoms with van der Waals surface area (Å²) < 4.78 is 11.7. The van der Waals surface area contributed by atoms with E-state index in [-0.39, 0.29) is 0 Å². The molecule has 0 amide bonds. The maximum absolute atomic E-state index is 6.12. The Morgan fingerprint density at radius 2 is 1.96 bits per heavy atom. The highest BCUT2D eigenvalue weighted by atomic mass is 79.9. The SMILES string of the molecule is CCOc1c(Br)cc(/C=N\NCc2c(Cl)cccc2Cl)cc1OC. The summed E-state index contributed by atoms with van der Waals surface area (Å²) in [5.74, 6) is 1.31. The molecule has 0 atom stereocenters. The van der Waals surface area contributed by atoms with Crippen LogP contribution in [0.1, 0.15) is 18.1 Å². The van der Waals surface area contributed by atoms with Crippen molar-refractivity contribution in [3.63, 3.8) is 0 Å². The zero-order valence-corrected chi connectivity index (χ0v) is 16.4. The van der Waals surface area contributed by atoms with Crippen molar-refractivity contribution in [1.82, 2.24) is 5.43 Å². The Morgan fingerprint density at radius 1 is 1.25 bits per heavy atom. The summed E-state index contributed by atoms with van der Waals surface area (Å²) in [5.41, 5.74) is 4.61. The molecule has 0 unspecified atom stereocenters. The van der Waals surface area contributed by atoms with Crippen molar-refractivity contribution in [2.75, 3.05) is 13.7 Å². The van der Waals surface area contributed by atoms with Crippen LogP contribution in [0.3, 0.4) is 0 Å². The molecule has 0 fully saturated rings. The highest BCUT2D eigenvalue weighted by Gasteiger charge is 2.10.